The van der Waals surface area contributed by atoms with E-state index in [2.05, 4.69) is 10.3 Å². The highest BCUT2D eigenvalue weighted by Crippen LogP contribution is 2.21. The van der Waals surface area contributed by atoms with Gasteiger partial charge in [0.1, 0.15) is 18.1 Å². The number of amides is 2. The maximum atomic E-state index is 12.6. The van der Waals surface area contributed by atoms with Crippen molar-refractivity contribution in [3.63, 3.8) is 0 Å². The highest BCUT2D eigenvalue weighted by molar-refractivity contribution is 6.31. The minimum absolute atomic E-state index is 0.211. The number of carbonyl (C=O) groups is 2. The van der Waals surface area contributed by atoms with Gasteiger partial charge in [0.25, 0.3) is 11.8 Å². The molecule has 154 valence electrons. The molecular weight excluding hydrogens is 402 g/mol. The van der Waals surface area contributed by atoms with Gasteiger partial charge in [-0.2, -0.15) is 0 Å². The fraction of sp³-hybridized carbons (Fsp3) is 0.174. The number of carbonyl (C=O) groups excluding carboxylic acids is 2. The number of benzene rings is 2. The van der Waals surface area contributed by atoms with E-state index in [9.17, 15) is 9.59 Å². The molecule has 0 aliphatic heterocycles. The van der Waals surface area contributed by atoms with Crippen molar-refractivity contribution in [1.29, 1.82) is 0 Å². The van der Waals surface area contributed by atoms with Crippen LogP contribution in [0.2, 0.25) is 5.02 Å². The zero-order chi connectivity index (χ0) is 21.7. The van der Waals surface area contributed by atoms with Crippen LogP contribution in [-0.2, 0) is 6.61 Å². The van der Waals surface area contributed by atoms with Crippen LogP contribution in [-0.4, -0.2) is 35.8 Å². The van der Waals surface area contributed by atoms with Crippen molar-refractivity contribution in [2.75, 3.05) is 19.4 Å². The number of aromatic nitrogens is 1. The Kier molecular flexibility index (Phi) is 6.69. The van der Waals surface area contributed by atoms with E-state index in [1.807, 2.05) is 24.3 Å². The van der Waals surface area contributed by atoms with Gasteiger partial charge in [0.2, 0.25) is 0 Å². The quantitative estimate of drug-likeness (QED) is 0.630. The number of rotatable bonds is 6. The number of aryl methyl sites for hydroxylation is 1. The molecular formula is C23H22ClN3O3. The van der Waals surface area contributed by atoms with Crippen LogP contribution >= 0.6 is 11.6 Å². The third-order valence-electron chi connectivity index (χ3n) is 4.42. The monoisotopic (exact) mass is 423 g/mol. The normalized spacial score (nSPS) is 10.4. The maximum Gasteiger partial charge on any atom is 0.271 e. The molecule has 3 aromatic rings. The first-order valence-corrected chi connectivity index (χ1v) is 9.70. The predicted molar refractivity (Wildman–Crippen MR) is 117 cm³/mol. The van der Waals surface area contributed by atoms with E-state index >= 15 is 0 Å². The smallest absolute Gasteiger partial charge is 0.271 e. The van der Waals surface area contributed by atoms with Crippen molar-refractivity contribution >= 4 is 29.1 Å². The van der Waals surface area contributed by atoms with Gasteiger partial charge in [0.05, 0.1) is 11.3 Å². The topological polar surface area (TPSA) is 71.5 Å². The first-order chi connectivity index (χ1) is 14.3. The second-order valence-corrected chi connectivity index (χ2v) is 7.29. The van der Waals surface area contributed by atoms with Gasteiger partial charge in [-0.3, -0.25) is 9.59 Å². The Morgan fingerprint density at radius 1 is 1.03 bits per heavy atom. The van der Waals surface area contributed by atoms with Gasteiger partial charge >= 0.3 is 0 Å². The lowest BCUT2D eigenvalue weighted by Gasteiger charge is -2.12. The molecule has 1 N–H and O–H groups in total. The van der Waals surface area contributed by atoms with Gasteiger partial charge in [0.15, 0.2) is 0 Å². The second kappa shape index (κ2) is 9.41. The third-order valence-corrected chi connectivity index (χ3v) is 4.79. The zero-order valence-corrected chi connectivity index (χ0v) is 17.7. The Bertz CT molecular complexity index is 1070. The van der Waals surface area contributed by atoms with Crippen LogP contribution in [0.3, 0.4) is 0 Å². The van der Waals surface area contributed by atoms with Gasteiger partial charge in [-0.05, 0) is 49.4 Å². The molecule has 0 radical (unpaired) electrons. The third kappa shape index (κ3) is 5.15. The summed E-state index contributed by atoms with van der Waals surface area (Å²) in [4.78, 5) is 30.3. The molecule has 30 heavy (non-hydrogen) atoms. The van der Waals surface area contributed by atoms with Crippen molar-refractivity contribution in [1.82, 2.24) is 9.88 Å². The summed E-state index contributed by atoms with van der Waals surface area (Å²) in [7, 11) is 3.31. The number of hydrogen-bond acceptors (Lipinski definition) is 4. The van der Waals surface area contributed by atoms with E-state index in [-0.39, 0.29) is 11.8 Å². The van der Waals surface area contributed by atoms with Crippen LogP contribution in [0.4, 0.5) is 5.69 Å². The minimum atomic E-state index is -0.298. The first-order valence-electron chi connectivity index (χ1n) is 9.32. The lowest BCUT2D eigenvalue weighted by Crippen LogP contribution is -2.23. The zero-order valence-electron chi connectivity index (χ0n) is 17.0. The summed E-state index contributed by atoms with van der Waals surface area (Å²) in [5.74, 6) is 0.156. The van der Waals surface area contributed by atoms with Gasteiger partial charge in [-0.25, -0.2) is 4.98 Å². The van der Waals surface area contributed by atoms with Crippen molar-refractivity contribution in [2.45, 2.75) is 13.5 Å². The van der Waals surface area contributed by atoms with E-state index in [1.54, 1.807) is 57.4 Å². The molecule has 7 heteroatoms. The van der Waals surface area contributed by atoms with Crippen molar-refractivity contribution in [3.05, 3.63) is 88.2 Å². The number of hydrogen-bond donors (Lipinski definition) is 1. The average molecular weight is 424 g/mol. The van der Waals surface area contributed by atoms with Crippen LogP contribution in [0.1, 0.15) is 32.1 Å². The lowest BCUT2D eigenvalue weighted by molar-refractivity contribution is 0.0821. The largest absolute Gasteiger partial charge is 0.489 e. The van der Waals surface area contributed by atoms with Gasteiger partial charge < -0.3 is 15.0 Å². The standard InChI is InChI=1S/C23H22ClN3O3/c1-15-19(12-13-21(25-15)23(29)27(2)3)22(28)26-17-8-10-18(11-9-17)30-14-16-6-4-5-7-20(16)24/h4-13H,14H2,1-3H3,(H,26,28). The molecule has 0 unspecified atom stereocenters. The summed E-state index contributed by atoms with van der Waals surface area (Å²) in [5.41, 5.74) is 2.71. The Labute approximate surface area is 180 Å². The summed E-state index contributed by atoms with van der Waals surface area (Å²) < 4.78 is 5.75. The van der Waals surface area contributed by atoms with Crippen LogP contribution in [0, 0.1) is 6.92 Å². The summed E-state index contributed by atoms with van der Waals surface area (Å²) in [6.45, 7) is 2.06. The summed E-state index contributed by atoms with van der Waals surface area (Å²) in [6.07, 6.45) is 0. The number of halogens is 1. The van der Waals surface area contributed by atoms with E-state index in [1.165, 1.54) is 4.90 Å². The summed E-state index contributed by atoms with van der Waals surface area (Å²) in [6, 6.07) is 17.7. The molecule has 6 nitrogen and oxygen atoms in total. The minimum Gasteiger partial charge on any atom is -0.489 e. The van der Waals surface area contributed by atoms with Crippen LogP contribution < -0.4 is 10.1 Å². The molecule has 2 amide bonds. The van der Waals surface area contributed by atoms with Crippen molar-refractivity contribution < 1.29 is 14.3 Å². The van der Waals surface area contributed by atoms with Crippen LogP contribution in [0.5, 0.6) is 5.75 Å². The van der Waals surface area contributed by atoms with Crippen LogP contribution in [0.25, 0.3) is 0 Å². The molecule has 0 saturated carbocycles. The molecule has 0 bridgehead atoms. The Morgan fingerprint density at radius 3 is 2.37 bits per heavy atom. The number of anilines is 1. The molecule has 0 fully saturated rings. The molecule has 3 rings (SSSR count). The fourth-order valence-electron chi connectivity index (χ4n) is 2.76. The Balaban J connectivity index is 1.63. The molecule has 0 saturated heterocycles. The number of ether oxygens (including phenoxy) is 1. The van der Waals surface area contributed by atoms with Crippen molar-refractivity contribution in [3.8, 4) is 5.75 Å². The first kappa shape index (κ1) is 21.3. The Hall–Kier alpha value is -3.38. The van der Waals surface area contributed by atoms with E-state index in [4.69, 9.17) is 16.3 Å². The van der Waals surface area contributed by atoms with E-state index in [0.29, 0.717) is 40.0 Å². The summed E-state index contributed by atoms with van der Waals surface area (Å²) >= 11 is 6.13. The van der Waals surface area contributed by atoms with E-state index in [0.717, 1.165) is 5.56 Å². The maximum absolute atomic E-state index is 12.6. The van der Waals surface area contributed by atoms with Gasteiger partial charge in [-0.1, -0.05) is 29.8 Å². The number of nitrogens with zero attached hydrogens (tertiary/aromatic N) is 2. The highest BCUT2D eigenvalue weighted by Gasteiger charge is 2.15. The molecule has 0 atom stereocenters. The molecule has 1 heterocycles. The van der Waals surface area contributed by atoms with Gasteiger partial charge in [-0.15, -0.1) is 0 Å². The van der Waals surface area contributed by atoms with Crippen molar-refractivity contribution in [2.24, 2.45) is 0 Å². The van der Waals surface area contributed by atoms with Crippen LogP contribution in [0.15, 0.2) is 60.7 Å². The second-order valence-electron chi connectivity index (χ2n) is 6.89. The lowest BCUT2D eigenvalue weighted by atomic mass is 10.1. The molecule has 0 aliphatic carbocycles. The SMILES string of the molecule is Cc1nc(C(=O)N(C)C)ccc1C(=O)Nc1ccc(OCc2ccccc2Cl)cc1. The highest BCUT2D eigenvalue weighted by atomic mass is 35.5. The predicted octanol–water partition coefficient (Wildman–Crippen LogP) is 4.58. The average Bonchev–Trinajstić information content (AvgIpc) is 2.73. The number of nitrogens with one attached hydrogen (secondary N) is 1. The molecule has 1 aromatic heterocycles. The molecule has 2 aromatic carbocycles. The number of pyridine rings is 1. The molecule has 0 spiro atoms. The van der Waals surface area contributed by atoms with E-state index < -0.39 is 0 Å². The Morgan fingerprint density at radius 2 is 1.73 bits per heavy atom. The summed E-state index contributed by atoms with van der Waals surface area (Å²) in [5, 5.41) is 3.49. The van der Waals surface area contributed by atoms with Gasteiger partial charge in [0, 0.05) is 30.4 Å². The molecule has 0 aliphatic rings. The fourth-order valence-corrected chi connectivity index (χ4v) is 2.95.